The van der Waals surface area contributed by atoms with E-state index in [1.165, 1.54) is 6.20 Å². The van der Waals surface area contributed by atoms with Gasteiger partial charge in [0.2, 0.25) is 17.6 Å². The van der Waals surface area contributed by atoms with Gasteiger partial charge in [0.15, 0.2) is 0 Å². The number of hydrogen-bond acceptors (Lipinski definition) is 7. The third-order valence-electron chi connectivity index (χ3n) is 3.15. The van der Waals surface area contributed by atoms with Crippen LogP contribution in [-0.4, -0.2) is 32.9 Å². The molecular weight excluding hydrogens is 332 g/mol. The Morgan fingerprint density at radius 3 is 2.92 bits per heavy atom. The lowest BCUT2D eigenvalue weighted by Crippen LogP contribution is -2.26. The van der Waals surface area contributed by atoms with Crippen LogP contribution in [0.1, 0.15) is 5.89 Å². The van der Waals surface area contributed by atoms with Gasteiger partial charge in [-0.25, -0.2) is 4.98 Å². The Labute approximate surface area is 143 Å². The van der Waals surface area contributed by atoms with Crippen LogP contribution in [0.25, 0.3) is 11.4 Å². The minimum absolute atomic E-state index is 0.144. The first-order valence-corrected chi connectivity index (χ1v) is 7.60. The molecule has 0 fully saturated rings. The molecule has 7 nitrogen and oxygen atoms in total. The summed E-state index contributed by atoms with van der Waals surface area (Å²) in [4.78, 5) is 8.35. The molecule has 8 heteroatoms. The molecule has 0 bridgehead atoms. The molecule has 2 heterocycles. The van der Waals surface area contributed by atoms with E-state index in [0.29, 0.717) is 34.8 Å². The average molecular weight is 347 g/mol. The Balaban J connectivity index is 1.76. The highest BCUT2D eigenvalue weighted by atomic mass is 35.5. The summed E-state index contributed by atoms with van der Waals surface area (Å²) >= 11 is 5.80. The van der Waals surface area contributed by atoms with Crippen LogP contribution in [0.2, 0.25) is 5.02 Å². The minimum Gasteiger partial charge on any atom is -0.439 e. The Morgan fingerprint density at radius 1 is 1.29 bits per heavy atom. The van der Waals surface area contributed by atoms with E-state index in [1.54, 1.807) is 24.3 Å². The number of aliphatic hydroxyl groups excluding tert-OH is 1. The summed E-state index contributed by atoms with van der Waals surface area (Å²) in [6, 6.07) is 10.2. The summed E-state index contributed by atoms with van der Waals surface area (Å²) in [6.07, 6.45) is 1.82. The van der Waals surface area contributed by atoms with Gasteiger partial charge in [-0.2, -0.15) is 4.98 Å². The number of ether oxygens (including phenoxy) is 1. The minimum atomic E-state index is -0.427. The van der Waals surface area contributed by atoms with Crippen LogP contribution in [-0.2, 0) is 6.42 Å². The molecule has 0 saturated carbocycles. The van der Waals surface area contributed by atoms with Crippen molar-refractivity contribution in [3.05, 3.63) is 53.5 Å². The first-order valence-electron chi connectivity index (χ1n) is 7.23. The summed E-state index contributed by atoms with van der Waals surface area (Å²) in [6.45, 7) is -0.144. The van der Waals surface area contributed by atoms with Crippen LogP contribution >= 0.6 is 11.6 Å². The SMILES string of the molecule is NC(CO)Cc1nc(-c2cccc(Oc3ccc(Cl)cn3)c2)no1. The molecule has 1 atom stereocenters. The second-order valence-corrected chi connectivity index (χ2v) is 5.54. The van der Waals surface area contributed by atoms with Crippen molar-refractivity contribution >= 4 is 11.6 Å². The molecule has 124 valence electrons. The molecule has 0 saturated heterocycles. The molecular formula is C16H15ClN4O3. The van der Waals surface area contributed by atoms with Crippen molar-refractivity contribution < 1.29 is 14.4 Å². The van der Waals surface area contributed by atoms with Gasteiger partial charge < -0.3 is 20.1 Å². The van der Waals surface area contributed by atoms with Gasteiger partial charge >= 0.3 is 0 Å². The number of nitrogens with zero attached hydrogens (tertiary/aromatic N) is 3. The van der Waals surface area contributed by atoms with E-state index in [2.05, 4.69) is 15.1 Å². The van der Waals surface area contributed by atoms with Gasteiger partial charge in [0, 0.05) is 30.3 Å². The van der Waals surface area contributed by atoms with Crippen LogP contribution in [0.3, 0.4) is 0 Å². The van der Waals surface area contributed by atoms with Crippen molar-refractivity contribution in [1.29, 1.82) is 0 Å². The van der Waals surface area contributed by atoms with Gasteiger partial charge in [-0.15, -0.1) is 0 Å². The van der Waals surface area contributed by atoms with E-state index in [9.17, 15) is 0 Å². The van der Waals surface area contributed by atoms with Crippen LogP contribution in [0.15, 0.2) is 47.1 Å². The van der Waals surface area contributed by atoms with Crippen molar-refractivity contribution in [2.75, 3.05) is 6.61 Å². The predicted octanol–water partition coefficient (Wildman–Crippen LogP) is 2.44. The van der Waals surface area contributed by atoms with Gasteiger partial charge in [0.05, 0.1) is 11.6 Å². The maximum Gasteiger partial charge on any atom is 0.228 e. The second-order valence-electron chi connectivity index (χ2n) is 5.10. The number of halogens is 1. The maximum atomic E-state index is 8.97. The molecule has 1 unspecified atom stereocenters. The van der Waals surface area contributed by atoms with Gasteiger partial charge in [-0.3, -0.25) is 0 Å². The van der Waals surface area contributed by atoms with Gasteiger partial charge in [0.25, 0.3) is 0 Å². The van der Waals surface area contributed by atoms with Crippen molar-refractivity contribution in [1.82, 2.24) is 15.1 Å². The zero-order valence-electron chi connectivity index (χ0n) is 12.6. The van der Waals surface area contributed by atoms with Crippen LogP contribution in [0, 0.1) is 0 Å². The quantitative estimate of drug-likeness (QED) is 0.705. The highest BCUT2D eigenvalue weighted by Crippen LogP contribution is 2.25. The van der Waals surface area contributed by atoms with E-state index in [-0.39, 0.29) is 6.61 Å². The van der Waals surface area contributed by atoms with Crippen molar-refractivity contribution in [2.45, 2.75) is 12.5 Å². The fourth-order valence-corrected chi connectivity index (χ4v) is 2.10. The van der Waals surface area contributed by atoms with Crippen LogP contribution < -0.4 is 10.5 Å². The molecule has 0 amide bonds. The first-order chi connectivity index (χ1) is 11.6. The largest absolute Gasteiger partial charge is 0.439 e. The molecule has 1 aromatic carbocycles. The molecule has 3 N–H and O–H groups in total. The Bertz CT molecular complexity index is 807. The zero-order chi connectivity index (χ0) is 16.9. The highest BCUT2D eigenvalue weighted by molar-refractivity contribution is 6.30. The van der Waals surface area contributed by atoms with Crippen molar-refractivity contribution in [3.63, 3.8) is 0 Å². The number of hydrogen-bond donors (Lipinski definition) is 2. The third-order valence-corrected chi connectivity index (χ3v) is 3.38. The lowest BCUT2D eigenvalue weighted by molar-refractivity contribution is 0.254. The van der Waals surface area contributed by atoms with E-state index < -0.39 is 6.04 Å². The molecule has 0 aliphatic rings. The Morgan fingerprint density at radius 2 is 2.17 bits per heavy atom. The smallest absolute Gasteiger partial charge is 0.228 e. The van der Waals surface area contributed by atoms with Gasteiger partial charge in [-0.1, -0.05) is 28.9 Å². The molecule has 0 radical (unpaired) electrons. The number of pyridine rings is 1. The lowest BCUT2D eigenvalue weighted by Gasteiger charge is -2.05. The molecule has 0 aliphatic heterocycles. The summed E-state index contributed by atoms with van der Waals surface area (Å²) in [5.41, 5.74) is 6.39. The summed E-state index contributed by atoms with van der Waals surface area (Å²) in [5, 5.41) is 13.4. The predicted molar refractivity (Wildman–Crippen MR) is 87.8 cm³/mol. The fourth-order valence-electron chi connectivity index (χ4n) is 1.99. The fraction of sp³-hybridized carbons (Fsp3) is 0.188. The summed E-state index contributed by atoms with van der Waals surface area (Å²) in [5.74, 6) is 1.81. The van der Waals surface area contributed by atoms with Crippen LogP contribution in [0.4, 0.5) is 0 Å². The van der Waals surface area contributed by atoms with Gasteiger partial charge in [-0.05, 0) is 18.2 Å². The normalized spacial score (nSPS) is 12.1. The van der Waals surface area contributed by atoms with Gasteiger partial charge in [0.1, 0.15) is 5.75 Å². The summed E-state index contributed by atoms with van der Waals surface area (Å²) in [7, 11) is 0. The third kappa shape index (κ3) is 4.08. The van der Waals surface area contributed by atoms with Crippen LogP contribution in [0.5, 0.6) is 11.6 Å². The summed E-state index contributed by atoms with van der Waals surface area (Å²) < 4.78 is 10.8. The number of aromatic nitrogens is 3. The molecule has 3 rings (SSSR count). The molecule has 2 aromatic heterocycles. The van der Waals surface area contributed by atoms with E-state index in [4.69, 9.17) is 31.7 Å². The molecule has 0 spiro atoms. The first kappa shape index (κ1) is 16.4. The van der Waals surface area contributed by atoms with E-state index in [1.807, 2.05) is 12.1 Å². The number of rotatable bonds is 6. The van der Waals surface area contributed by atoms with Crippen molar-refractivity contribution in [3.8, 4) is 23.0 Å². The maximum absolute atomic E-state index is 8.97. The zero-order valence-corrected chi connectivity index (χ0v) is 13.3. The number of aliphatic hydroxyl groups is 1. The molecule has 3 aromatic rings. The Hall–Kier alpha value is -2.48. The van der Waals surface area contributed by atoms with E-state index in [0.717, 1.165) is 5.56 Å². The second kappa shape index (κ2) is 7.39. The Kier molecular flexibility index (Phi) is 5.05. The average Bonchev–Trinajstić information content (AvgIpc) is 3.05. The monoisotopic (exact) mass is 346 g/mol. The lowest BCUT2D eigenvalue weighted by atomic mass is 10.2. The topological polar surface area (TPSA) is 107 Å². The van der Waals surface area contributed by atoms with E-state index >= 15 is 0 Å². The standard InChI is InChI=1S/C16H15ClN4O3/c17-11-4-5-14(19-8-11)23-13-3-1-2-10(6-13)16-20-15(24-21-16)7-12(18)9-22/h1-6,8,12,22H,7,9,18H2. The number of benzene rings is 1. The number of nitrogens with two attached hydrogens (primary N) is 1. The molecule has 0 aliphatic carbocycles. The van der Waals surface area contributed by atoms with Crippen molar-refractivity contribution in [2.24, 2.45) is 5.73 Å². The molecule has 24 heavy (non-hydrogen) atoms. The highest BCUT2D eigenvalue weighted by Gasteiger charge is 2.12.